The van der Waals surface area contributed by atoms with Crippen molar-refractivity contribution in [3.63, 3.8) is 0 Å². The average molecular weight is 185 g/mol. The summed E-state index contributed by atoms with van der Waals surface area (Å²) in [5, 5.41) is 8.76. The third kappa shape index (κ3) is 1.67. The molecule has 0 amide bonds. The normalized spacial score (nSPS) is 14.9. The Morgan fingerprint density at radius 1 is 1.43 bits per heavy atom. The molecule has 1 fully saturated rings. The summed E-state index contributed by atoms with van der Waals surface area (Å²) < 4.78 is 0. The summed E-state index contributed by atoms with van der Waals surface area (Å²) in [7, 11) is 0. The predicted octanol–water partition coefficient (Wildman–Crippen LogP) is 2.46. The first-order chi connectivity index (χ1) is 6.70. The minimum atomic E-state index is 0.199. The maximum absolute atomic E-state index is 11.7. The summed E-state index contributed by atoms with van der Waals surface area (Å²) in [6.07, 6.45) is 2.02. The summed E-state index contributed by atoms with van der Waals surface area (Å²) in [5.41, 5.74) is 2.26. The molecule has 0 spiro atoms. The number of aryl methyl sites for hydroxylation is 1. The van der Waals surface area contributed by atoms with Gasteiger partial charge in [-0.1, -0.05) is 0 Å². The van der Waals surface area contributed by atoms with Crippen LogP contribution in [0.1, 0.15) is 34.3 Å². The van der Waals surface area contributed by atoms with E-state index in [9.17, 15) is 4.79 Å². The quantitative estimate of drug-likeness (QED) is 0.664. The predicted molar refractivity (Wildman–Crippen MR) is 52.9 cm³/mol. The van der Waals surface area contributed by atoms with Crippen LogP contribution in [-0.2, 0) is 0 Å². The summed E-state index contributed by atoms with van der Waals surface area (Å²) in [6, 6.07) is 7.42. The summed E-state index contributed by atoms with van der Waals surface area (Å²) >= 11 is 0. The highest BCUT2D eigenvalue weighted by atomic mass is 16.1. The zero-order chi connectivity index (χ0) is 10.1. The topological polar surface area (TPSA) is 40.9 Å². The van der Waals surface area contributed by atoms with E-state index < -0.39 is 0 Å². The van der Waals surface area contributed by atoms with Gasteiger partial charge in [0.1, 0.15) is 0 Å². The third-order valence-electron chi connectivity index (χ3n) is 2.44. The summed E-state index contributed by atoms with van der Waals surface area (Å²) in [5.74, 6) is 0.425. The molecule has 70 valence electrons. The van der Waals surface area contributed by atoms with Crippen LogP contribution in [0, 0.1) is 24.2 Å². The Morgan fingerprint density at radius 2 is 2.14 bits per heavy atom. The Hall–Kier alpha value is -1.62. The molecule has 0 aromatic heterocycles. The molecule has 0 radical (unpaired) electrons. The van der Waals surface area contributed by atoms with Gasteiger partial charge < -0.3 is 0 Å². The minimum Gasteiger partial charge on any atom is -0.294 e. The van der Waals surface area contributed by atoms with Gasteiger partial charge in [-0.05, 0) is 43.5 Å². The highest BCUT2D eigenvalue weighted by Crippen LogP contribution is 2.32. The van der Waals surface area contributed by atoms with Crippen LogP contribution in [-0.4, -0.2) is 5.78 Å². The lowest BCUT2D eigenvalue weighted by atomic mass is 10.0. The average Bonchev–Trinajstić information content (AvgIpc) is 2.99. The van der Waals surface area contributed by atoms with Crippen LogP contribution in [0.3, 0.4) is 0 Å². The lowest BCUT2D eigenvalue weighted by Gasteiger charge is -2.01. The highest BCUT2D eigenvalue weighted by molar-refractivity contribution is 5.99. The van der Waals surface area contributed by atoms with E-state index in [-0.39, 0.29) is 11.7 Å². The molecule has 2 heteroatoms. The molecule has 1 aromatic carbocycles. The van der Waals surface area contributed by atoms with E-state index >= 15 is 0 Å². The Bertz CT molecular complexity index is 424. The Kier molecular flexibility index (Phi) is 2.09. The van der Waals surface area contributed by atoms with Crippen molar-refractivity contribution in [2.24, 2.45) is 5.92 Å². The van der Waals surface area contributed by atoms with Gasteiger partial charge in [0.05, 0.1) is 11.6 Å². The van der Waals surface area contributed by atoms with Crippen molar-refractivity contribution in [2.75, 3.05) is 0 Å². The van der Waals surface area contributed by atoms with Gasteiger partial charge in [-0.3, -0.25) is 4.79 Å². The highest BCUT2D eigenvalue weighted by Gasteiger charge is 2.30. The second-order valence-electron chi connectivity index (χ2n) is 3.84. The number of carbonyl (C=O) groups excluding carboxylic acids is 1. The smallest absolute Gasteiger partial charge is 0.165 e. The third-order valence-corrected chi connectivity index (χ3v) is 2.44. The van der Waals surface area contributed by atoms with E-state index in [0.717, 1.165) is 18.4 Å². The molecule has 0 unspecified atom stereocenters. The van der Waals surface area contributed by atoms with Crippen LogP contribution in [0.15, 0.2) is 18.2 Å². The van der Waals surface area contributed by atoms with Crippen molar-refractivity contribution in [2.45, 2.75) is 19.8 Å². The van der Waals surface area contributed by atoms with Gasteiger partial charge in [-0.2, -0.15) is 5.26 Å². The fraction of sp³-hybridized carbons (Fsp3) is 0.333. The molecule has 1 saturated carbocycles. The number of hydrogen-bond donors (Lipinski definition) is 0. The van der Waals surface area contributed by atoms with Crippen LogP contribution in [0.5, 0.6) is 0 Å². The molecule has 0 saturated heterocycles. The van der Waals surface area contributed by atoms with E-state index in [1.807, 2.05) is 13.0 Å². The van der Waals surface area contributed by atoms with Gasteiger partial charge in [0, 0.05) is 11.5 Å². The Labute approximate surface area is 83.2 Å². The maximum atomic E-state index is 11.7. The van der Waals surface area contributed by atoms with E-state index in [4.69, 9.17) is 5.26 Å². The fourth-order valence-electron chi connectivity index (χ4n) is 1.57. The molecule has 0 bridgehead atoms. The zero-order valence-corrected chi connectivity index (χ0v) is 8.08. The van der Waals surface area contributed by atoms with Gasteiger partial charge in [-0.15, -0.1) is 0 Å². The monoisotopic (exact) mass is 185 g/mol. The number of ketones is 1. The van der Waals surface area contributed by atoms with Crippen molar-refractivity contribution in [1.29, 1.82) is 5.26 Å². The molecule has 1 aromatic rings. The van der Waals surface area contributed by atoms with Gasteiger partial charge >= 0.3 is 0 Å². The van der Waals surface area contributed by atoms with Crippen molar-refractivity contribution >= 4 is 5.78 Å². The Morgan fingerprint density at radius 3 is 2.71 bits per heavy atom. The molecular weight excluding hydrogens is 174 g/mol. The molecule has 1 aliphatic rings. The van der Waals surface area contributed by atoms with E-state index in [1.54, 1.807) is 12.1 Å². The zero-order valence-electron chi connectivity index (χ0n) is 8.08. The molecular formula is C12H11NO. The van der Waals surface area contributed by atoms with Crippen LogP contribution in [0.2, 0.25) is 0 Å². The van der Waals surface area contributed by atoms with Crippen LogP contribution >= 0.6 is 0 Å². The van der Waals surface area contributed by atoms with E-state index in [1.165, 1.54) is 0 Å². The number of rotatable bonds is 2. The first-order valence-electron chi connectivity index (χ1n) is 4.76. The van der Waals surface area contributed by atoms with Gasteiger partial charge in [0.25, 0.3) is 0 Å². The first kappa shape index (κ1) is 8.96. The van der Waals surface area contributed by atoms with E-state index in [2.05, 4.69) is 6.07 Å². The Balaban J connectivity index is 2.38. The molecule has 1 aliphatic carbocycles. The molecule has 0 aliphatic heterocycles. The minimum absolute atomic E-state index is 0.199. The largest absolute Gasteiger partial charge is 0.294 e. The number of carbonyl (C=O) groups is 1. The van der Waals surface area contributed by atoms with Crippen molar-refractivity contribution in [3.05, 3.63) is 34.9 Å². The van der Waals surface area contributed by atoms with Crippen molar-refractivity contribution < 1.29 is 4.79 Å². The lowest BCUT2D eigenvalue weighted by Crippen LogP contribution is -2.02. The van der Waals surface area contributed by atoms with Gasteiger partial charge in [0.15, 0.2) is 5.78 Å². The molecule has 0 heterocycles. The molecule has 2 rings (SSSR count). The number of Topliss-reactive ketones (excluding diaryl/α,β-unsaturated/α-hetero) is 1. The SMILES string of the molecule is Cc1cc(C#N)cc(C(=O)C2CC2)c1. The number of nitrogens with zero attached hydrogens (tertiary/aromatic N) is 1. The summed E-state index contributed by atoms with van der Waals surface area (Å²) in [4.78, 5) is 11.7. The number of benzene rings is 1. The molecule has 0 atom stereocenters. The molecule has 2 nitrogen and oxygen atoms in total. The lowest BCUT2D eigenvalue weighted by molar-refractivity contribution is 0.0967. The first-order valence-corrected chi connectivity index (χ1v) is 4.76. The molecule has 14 heavy (non-hydrogen) atoms. The fourth-order valence-corrected chi connectivity index (χ4v) is 1.57. The van der Waals surface area contributed by atoms with Crippen LogP contribution in [0.25, 0.3) is 0 Å². The van der Waals surface area contributed by atoms with Crippen molar-refractivity contribution in [3.8, 4) is 6.07 Å². The standard InChI is InChI=1S/C12H11NO/c1-8-4-9(7-13)6-11(5-8)12(14)10-2-3-10/h4-6,10H,2-3H2,1H3. The van der Waals surface area contributed by atoms with Gasteiger partial charge in [-0.25, -0.2) is 0 Å². The number of nitriles is 1. The second kappa shape index (κ2) is 3.26. The van der Waals surface area contributed by atoms with Crippen LogP contribution in [0.4, 0.5) is 0 Å². The van der Waals surface area contributed by atoms with Crippen LogP contribution < -0.4 is 0 Å². The number of hydrogen-bond acceptors (Lipinski definition) is 2. The second-order valence-corrected chi connectivity index (χ2v) is 3.84. The summed E-state index contributed by atoms with van der Waals surface area (Å²) in [6.45, 7) is 1.91. The molecule has 0 N–H and O–H groups in total. The van der Waals surface area contributed by atoms with Crippen molar-refractivity contribution in [1.82, 2.24) is 0 Å². The maximum Gasteiger partial charge on any atom is 0.165 e. The van der Waals surface area contributed by atoms with Gasteiger partial charge in [0.2, 0.25) is 0 Å². The van der Waals surface area contributed by atoms with E-state index in [0.29, 0.717) is 11.1 Å².